The van der Waals surface area contributed by atoms with E-state index in [2.05, 4.69) is 16.0 Å². The molecule has 3 rings (SSSR count). The van der Waals surface area contributed by atoms with Gasteiger partial charge in [-0.15, -0.1) is 0 Å². The Kier molecular flexibility index (Phi) is 6.34. The Balaban J connectivity index is 1.77. The molecule has 0 bridgehead atoms. The molecule has 0 fully saturated rings. The van der Waals surface area contributed by atoms with Gasteiger partial charge in [0.15, 0.2) is 5.76 Å². The Morgan fingerprint density at radius 2 is 2.21 bits per heavy atom. The van der Waals surface area contributed by atoms with Gasteiger partial charge in [-0.3, -0.25) is 0 Å². The fourth-order valence-corrected chi connectivity index (χ4v) is 3.52. The maximum absolute atomic E-state index is 12.0. The van der Waals surface area contributed by atoms with Crippen molar-refractivity contribution in [1.82, 2.24) is 9.97 Å². The molecule has 0 saturated heterocycles. The van der Waals surface area contributed by atoms with Crippen LogP contribution in [0, 0.1) is 18.3 Å². The molecule has 8 heteroatoms. The molecule has 2 heterocycles. The van der Waals surface area contributed by atoms with Crippen LogP contribution >= 0.6 is 23.4 Å². The van der Waals surface area contributed by atoms with E-state index in [0.717, 1.165) is 5.56 Å². The zero-order valence-corrected chi connectivity index (χ0v) is 16.8. The lowest BCUT2D eigenvalue weighted by atomic mass is 10.1. The summed E-state index contributed by atoms with van der Waals surface area (Å²) >= 11 is 7.32. The van der Waals surface area contributed by atoms with Crippen LogP contribution < -0.4 is 0 Å². The number of aryl methyl sites for hydroxylation is 1. The van der Waals surface area contributed by atoms with Gasteiger partial charge in [-0.2, -0.15) is 5.26 Å². The van der Waals surface area contributed by atoms with E-state index >= 15 is 0 Å². The van der Waals surface area contributed by atoms with Gasteiger partial charge in [0.1, 0.15) is 11.1 Å². The molecule has 0 N–H and O–H groups in total. The number of hydrogen-bond donors (Lipinski definition) is 0. The van der Waals surface area contributed by atoms with Crippen LogP contribution in [0.1, 0.15) is 34.4 Å². The van der Waals surface area contributed by atoms with E-state index in [0.29, 0.717) is 44.3 Å². The van der Waals surface area contributed by atoms with Crippen molar-refractivity contribution in [2.24, 2.45) is 0 Å². The Labute approximate surface area is 171 Å². The number of thioether (sulfide) groups is 1. The van der Waals surface area contributed by atoms with E-state index in [4.69, 9.17) is 20.8 Å². The molecule has 3 aromatic rings. The van der Waals surface area contributed by atoms with Crippen molar-refractivity contribution in [2.45, 2.75) is 24.6 Å². The molecular weight excluding hydrogens is 398 g/mol. The number of ether oxygens (including phenoxy) is 1. The molecule has 0 amide bonds. The number of aromatic nitrogens is 2. The minimum absolute atomic E-state index is 0.260. The van der Waals surface area contributed by atoms with Crippen molar-refractivity contribution in [3.63, 3.8) is 0 Å². The third kappa shape index (κ3) is 4.53. The van der Waals surface area contributed by atoms with Gasteiger partial charge in [-0.25, -0.2) is 14.8 Å². The zero-order chi connectivity index (χ0) is 20.1. The Hall–Kier alpha value is -2.82. The molecule has 0 saturated carbocycles. The van der Waals surface area contributed by atoms with Crippen LogP contribution in [-0.4, -0.2) is 22.5 Å². The average Bonchev–Trinajstić information content (AvgIpc) is 3.15. The van der Waals surface area contributed by atoms with Crippen molar-refractivity contribution in [2.75, 3.05) is 6.61 Å². The number of nitriles is 1. The van der Waals surface area contributed by atoms with E-state index in [9.17, 15) is 10.1 Å². The minimum atomic E-state index is -0.487. The van der Waals surface area contributed by atoms with E-state index in [-0.39, 0.29) is 6.61 Å². The van der Waals surface area contributed by atoms with Crippen LogP contribution in [0.2, 0.25) is 5.02 Å². The van der Waals surface area contributed by atoms with Gasteiger partial charge in [-0.05, 0) is 32.0 Å². The number of carbonyl (C=O) groups is 1. The average molecular weight is 414 g/mol. The molecule has 0 radical (unpaired) electrons. The highest BCUT2D eigenvalue weighted by Crippen LogP contribution is 2.29. The summed E-state index contributed by atoms with van der Waals surface area (Å²) in [6.45, 7) is 3.69. The molecule has 142 valence electrons. The predicted octanol–water partition coefficient (Wildman–Crippen LogP) is 5.04. The summed E-state index contributed by atoms with van der Waals surface area (Å²) in [7, 11) is 0. The lowest BCUT2D eigenvalue weighted by Gasteiger charge is -2.08. The highest BCUT2D eigenvalue weighted by atomic mass is 35.5. The van der Waals surface area contributed by atoms with E-state index < -0.39 is 5.97 Å². The lowest BCUT2D eigenvalue weighted by Crippen LogP contribution is -2.09. The molecular formula is C20H16ClN3O3S. The first-order valence-corrected chi connectivity index (χ1v) is 9.80. The van der Waals surface area contributed by atoms with Crippen molar-refractivity contribution in [1.29, 1.82) is 5.26 Å². The van der Waals surface area contributed by atoms with Crippen LogP contribution in [0.4, 0.5) is 0 Å². The number of pyridine rings is 1. The second-order valence-corrected chi connectivity index (χ2v) is 7.12. The molecule has 6 nitrogen and oxygen atoms in total. The van der Waals surface area contributed by atoms with Crippen molar-refractivity contribution in [3.05, 3.63) is 64.3 Å². The van der Waals surface area contributed by atoms with Crippen molar-refractivity contribution >= 4 is 29.3 Å². The standard InChI is InChI=1S/C20H16ClN3O3S/c1-3-26-20(25)16-8-14(9-22)19(24-12(16)2)28-11-18-23-10-17(27-18)13-5-4-6-15(21)7-13/h4-8,10H,3,11H2,1-2H3. The number of carbonyl (C=O) groups excluding carboxylic acids is 1. The molecule has 28 heavy (non-hydrogen) atoms. The normalized spacial score (nSPS) is 10.5. The predicted molar refractivity (Wildman–Crippen MR) is 106 cm³/mol. The maximum atomic E-state index is 12.0. The van der Waals surface area contributed by atoms with Crippen molar-refractivity contribution < 1.29 is 13.9 Å². The Bertz CT molecular complexity index is 1060. The third-order valence-corrected chi connectivity index (χ3v) is 5.00. The van der Waals surface area contributed by atoms with E-state index in [1.165, 1.54) is 17.8 Å². The van der Waals surface area contributed by atoms with E-state index in [1.54, 1.807) is 32.2 Å². The first-order chi connectivity index (χ1) is 13.5. The first kappa shape index (κ1) is 19.9. The SMILES string of the molecule is CCOC(=O)c1cc(C#N)c(SCc2ncc(-c3cccc(Cl)c3)o2)nc1C. The molecule has 2 aromatic heterocycles. The fourth-order valence-electron chi connectivity index (χ4n) is 2.47. The minimum Gasteiger partial charge on any atom is -0.462 e. The second-order valence-electron chi connectivity index (χ2n) is 5.72. The number of nitrogens with zero attached hydrogens (tertiary/aromatic N) is 3. The number of halogens is 1. The zero-order valence-electron chi connectivity index (χ0n) is 15.2. The summed E-state index contributed by atoms with van der Waals surface area (Å²) in [6.07, 6.45) is 1.63. The largest absolute Gasteiger partial charge is 0.462 e. The highest BCUT2D eigenvalue weighted by molar-refractivity contribution is 7.98. The summed E-state index contributed by atoms with van der Waals surface area (Å²) in [4.78, 5) is 20.6. The summed E-state index contributed by atoms with van der Waals surface area (Å²) in [5.74, 6) is 1.01. The Morgan fingerprint density at radius 1 is 1.39 bits per heavy atom. The van der Waals surface area contributed by atoms with Crippen molar-refractivity contribution in [3.8, 4) is 17.4 Å². The number of rotatable bonds is 6. The van der Waals surface area contributed by atoms with Gasteiger partial charge in [0.05, 0.1) is 35.4 Å². The Morgan fingerprint density at radius 3 is 2.93 bits per heavy atom. The third-order valence-electron chi connectivity index (χ3n) is 3.79. The first-order valence-electron chi connectivity index (χ1n) is 8.44. The summed E-state index contributed by atoms with van der Waals surface area (Å²) < 4.78 is 10.8. The van der Waals surface area contributed by atoms with Gasteiger partial charge in [-0.1, -0.05) is 35.5 Å². The molecule has 0 aliphatic heterocycles. The van der Waals surface area contributed by atoms with Gasteiger partial charge in [0, 0.05) is 10.6 Å². The summed E-state index contributed by atoms with van der Waals surface area (Å²) in [5.41, 5.74) is 1.94. The van der Waals surface area contributed by atoms with Gasteiger partial charge in [0.2, 0.25) is 5.89 Å². The second kappa shape index (κ2) is 8.91. The van der Waals surface area contributed by atoms with Crippen LogP contribution in [0.25, 0.3) is 11.3 Å². The maximum Gasteiger partial charge on any atom is 0.340 e. The molecule has 1 aromatic carbocycles. The molecule has 0 aliphatic carbocycles. The van der Waals surface area contributed by atoms with Gasteiger partial charge < -0.3 is 9.15 Å². The van der Waals surface area contributed by atoms with E-state index in [1.807, 2.05) is 12.1 Å². The number of esters is 1. The summed E-state index contributed by atoms with van der Waals surface area (Å²) in [6, 6.07) is 10.9. The number of benzene rings is 1. The monoisotopic (exact) mass is 413 g/mol. The molecule has 0 spiro atoms. The molecule has 0 atom stereocenters. The quantitative estimate of drug-likeness (QED) is 0.413. The molecule has 0 unspecified atom stereocenters. The number of hydrogen-bond acceptors (Lipinski definition) is 7. The van der Waals surface area contributed by atoms with Crippen LogP contribution in [0.15, 0.2) is 46.0 Å². The van der Waals surface area contributed by atoms with Gasteiger partial charge in [0.25, 0.3) is 0 Å². The lowest BCUT2D eigenvalue weighted by molar-refractivity contribution is 0.0524. The van der Waals surface area contributed by atoms with Crippen LogP contribution in [0.5, 0.6) is 0 Å². The van der Waals surface area contributed by atoms with Crippen LogP contribution in [0.3, 0.4) is 0 Å². The summed E-state index contributed by atoms with van der Waals surface area (Å²) in [5, 5.41) is 10.5. The molecule has 0 aliphatic rings. The van der Waals surface area contributed by atoms with Crippen LogP contribution in [-0.2, 0) is 10.5 Å². The smallest absolute Gasteiger partial charge is 0.340 e. The highest BCUT2D eigenvalue weighted by Gasteiger charge is 2.17. The van der Waals surface area contributed by atoms with Gasteiger partial charge >= 0.3 is 5.97 Å². The fraction of sp³-hybridized carbons (Fsp3) is 0.200. The topological polar surface area (TPSA) is 89.0 Å². The number of oxazole rings is 1.